The highest BCUT2D eigenvalue weighted by Gasteiger charge is 2.31. The van der Waals surface area contributed by atoms with E-state index in [4.69, 9.17) is 9.47 Å². The standard InChI is InChI=1S/C19H34N4O4/c1-20-8-10-22(11-9-20)17-3-6-23(7-4-17)18(24)19(25)27-14-2-5-21-12-15-26-16-13-21/h17H,2-16H2,1H3. The number of esters is 1. The molecular formula is C19H34N4O4. The fraction of sp³-hybridized carbons (Fsp3) is 0.895. The molecule has 0 saturated carbocycles. The molecule has 8 heteroatoms. The lowest BCUT2D eigenvalue weighted by atomic mass is 10.0. The molecule has 0 atom stereocenters. The van der Waals surface area contributed by atoms with Crippen molar-refractivity contribution in [3.8, 4) is 0 Å². The molecule has 3 aliphatic rings. The summed E-state index contributed by atoms with van der Waals surface area (Å²) in [7, 11) is 2.16. The van der Waals surface area contributed by atoms with Crippen molar-refractivity contribution in [3.63, 3.8) is 0 Å². The van der Waals surface area contributed by atoms with Gasteiger partial charge in [0.15, 0.2) is 0 Å². The van der Waals surface area contributed by atoms with E-state index >= 15 is 0 Å². The van der Waals surface area contributed by atoms with Crippen molar-refractivity contribution in [1.82, 2.24) is 19.6 Å². The molecule has 0 radical (unpaired) electrons. The smallest absolute Gasteiger partial charge is 0.397 e. The van der Waals surface area contributed by atoms with Crippen LogP contribution in [0.3, 0.4) is 0 Å². The molecule has 0 aliphatic carbocycles. The summed E-state index contributed by atoms with van der Waals surface area (Å²) in [6, 6.07) is 0.535. The Morgan fingerprint density at radius 2 is 1.63 bits per heavy atom. The van der Waals surface area contributed by atoms with Gasteiger partial charge in [0, 0.05) is 64.9 Å². The Bertz CT molecular complexity index is 482. The summed E-state index contributed by atoms with van der Waals surface area (Å²) in [6.45, 7) is 10.3. The van der Waals surface area contributed by atoms with Crippen LogP contribution in [-0.2, 0) is 19.1 Å². The van der Waals surface area contributed by atoms with Crippen molar-refractivity contribution >= 4 is 11.9 Å². The van der Waals surface area contributed by atoms with Crippen LogP contribution in [0.4, 0.5) is 0 Å². The van der Waals surface area contributed by atoms with Gasteiger partial charge >= 0.3 is 11.9 Å². The van der Waals surface area contributed by atoms with E-state index in [0.29, 0.717) is 25.7 Å². The van der Waals surface area contributed by atoms with Crippen LogP contribution < -0.4 is 0 Å². The quantitative estimate of drug-likeness (QED) is 0.360. The van der Waals surface area contributed by atoms with Crippen LogP contribution in [0.2, 0.25) is 0 Å². The van der Waals surface area contributed by atoms with Crippen LogP contribution >= 0.6 is 0 Å². The summed E-state index contributed by atoms with van der Waals surface area (Å²) < 4.78 is 10.5. The summed E-state index contributed by atoms with van der Waals surface area (Å²) in [5.41, 5.74) is 0. The van der Waals surface area contributed by atoms with Gasteiger partial charge in [0.25, 0.3) is 0 Å². The van der Waals surface area contributed by atoms with Crippen LogP contribution in [-0.4, -0.2) is 123 Å². The number of morpholine rings is 1. The molecule has 3 fully saturated rings. The average Bonchev–Trinajstić information content (AvgIpc) is 2.72. The topological polar surface area (TPSA) is 65.6 Å². The Hall–Kier alpha value is -1.22. The minimum absolute atomic E-state index is 0.305. The minimum Gasteiger partial charge on any atom is -0.458 e. The Labute approximate surface area is 162 Å². The van der Waals surface area contributed by atoms with Crippen LogP contribution in [0, 0.1) is 0 Å². The maximum Gasteiger partial charge on any atom is 0.397 e. The molecule has 0 spiro atoms. The molecular weight excluding hydrogens is 348 g/mol. The summed E-state index contributed by atoms with van der Waals surface area (Å²) in [5, 5.41) is 0. The highest BCUT2D eigenvalue weighted by Crippen LogP contribution is 2.18. The molecule has 0 aromatic rings. The number of piperidine rings is 1. The zero-order valence-electron chi connectivity index (χ0n) is 16.6. The third kappa shape index (κ3) is 6.14. The number of likely N-dealkylation sites (tertiary alicyclic amines) is 1. The first-order chi connectivity index (χ1) is 13.1. The van der Waals surface area contributed by atoms with Crippen molar-refractivity contribution in [3.05, 3.63) is 0 Å². The summed E-state index contributed by atoms with van der Waals surface area (Å²) in [6.07, 6.45) is 2.64. The van der Waals surface area contributed by atoms with Gasteiger partial charge in [-0.1, -0.05) is 0 Å². The fourth-order valence-corrected chi connectivity index (χ4v) is 4.09. The van der Waals surface area contributed by atoms with Crippen LogP contribution in [0.25, 0.3) is 0 Å². The number of likely N-dealkylation sites (N-methyl/N-ethyl adjacent to an activating group) is 1. The Morgan fingerprint density at radius 3 is 2.30 bits per heavy atom. The van der Waals surface area contributed by atoms with Gasteiger partial charge < -0.3 is 19.3 Å². The monoisotopic (exact) mass is 382 g/mol. The zero-order valence-corrected chi connectivity index (χ0v) is 16.6. The van der Waals surface area contributed by atoms with Crippen molar-refractivity contribution in [2.75, 3.05) is 85.8 Å². The normalized spacial score (nSPS) is 24.1. The lowest BCUT2D eigenvalue weighted by Crippen LogP contribution is -2.53. The van der Waals surface area contributed by atoms with E-state index in [9.17, 15) is 9.59 Å². The number of hydrogen-bond donors (Lipinski definition) is 0. The molecule has 0 aromatic heterocycles. The van der Waals surface area contributed by atoms with Crippen LogP contribution in [0.15, 0.2) is 0 Å². The first kappa shape index (κ1) is 20.5. The Kier molecular flexibility index (Phi) is 7.87. The number of hydrogen-bond acceptors (Lipinski definition) is 7. The fourth-order valence-electron chi connectivity index (χ4n) is 4.09. The van der Waals surface area contributed by atoms with Gasteiger partial charge in [-0.25, -0.2) is 4.79 Å². The predicted molar refractivity (Wildman–Crippen MR) is 102 cm³/mol. The molecule has 154 valence electrons. The van der Waals surface area contributed by atoms with Gasteiger partial charge in [-0.05, 0) is 26.3 Å². The molecule has 8 nitrogen and oxygen atoms in total. The first-order valence-electron chi connectivity index (χ1n) is 10.3. The summed E-state index contributed by atoms with van der Waals surface area (Å²) in [5.74, 6) is -1.17. The van der Waals surface area contributed by atoms with Gasteiger partial charge in [0.2, 0.25) is 0 Å². The lowest BCUT2D eigenvalue weighted by molar-refractivity contribution is -0.161. The average molecular weight is 383 g/mol. The lowest BCUT2D eigenvalue weighted by Gasteiger charge is -2.41. The van der Waals surface area contributed by atoms with Crippen molar-refractivity contribution in [2.24, 2.45) is 0 Å². The van der Waals surface area contributed by atoms with Crippen molar-refractivity contribution in [1.29, 1.82) is 0 Å². The number of ether oxygens (including phenoxy) is 2. The first-order valence-corrected chi connectivity index (χ1v) is 10.3. The van der Waals surface area contributed by atoms with Gasteiger partial charge in [0.05, 0.1) is 19.8 Å². The van der Waals surface area contributed by atoms with E-state index in [-0.39, 0.29) is 0 Å². The van der Waals surface area contributed by atoms with Crippen molar-refractivity contribution < 1.29 is 19.1 Å². The van der Waals surface area contributed by atoms with Crippen molar-refractivity contribution in [2.45, 2.75) is 25.3 Å². The Morgan fingerprint density at radius 1 is 0.963 bits per heavy atom. The molecule has 3 heterocycles. The predicted octanol–water partition coefficient (Wildman–Crippen LogP) is -0.510. The van der Waals surface area contributed by atoms with E-state index in [0.717, 1.165) is 78.3 Å². The van der Waals surface area contributed by atoms with E-state index in [2.05, 4.69) is 21.7 Å². The van der Waals surface area contributed by atoms with Gasteiger partial charge in [-0.15, -0.1) is 0 Å². The van der Waals surface area contributed by atoms with E-state index in [1.54, 1.807) is 4.90 Å². The maximum atomic E-state index is 12.3. The number of amides is 1. The van der Waals surface area contributed by atoms with Crippen LogP contribution in [0.5, 0.6) is 0 Å². The third-order valence-electron chi connectivity index (χ3n) is 5.94. The Balaban J connectivity index is 1.30. The number of piperazine rings is 1. The largest absolute Gasteiger partial charge is 0.458 e. The molecule has 3 aliphatic heterocycles. The molecule has 27 heavy (non-hydrogen) atoms. The van der Waals surface area contributed by atoms with Gasteiger partial charge in [-0.2, -0.15) is 0 Å². The van der Waals surface area contributed by atoms with Crippen LogP contribution in [0.1, 0.15) is 19.3 Å². The van der Waals surface area contributed by atoms with Gasteiger partial charge in [-0.3, -0.25) is 14.6 Å². The second-order valence-electron chi connectivity index (χ2n) is 7.81. The molecule has 0 aromatic carbocycles. The zero-order chi connectivity index (χ0) is 19.1. The number of nitrogens with zero attached hydrogens (tertiary/aromatic N) is 4. The number of carbonyl (C=O) groups is 2. The summed E-state index contributed by atoms with van der Waals surface area (Å²) >= 11 is 0. The SMILES string of the molecule is CN1CCN(C2CCN(C(=O)C(=O)OCCCN3CCOCC3)CC2)CC1. The molecule has 1 amide bonds. The second kappa shape index (κ2) is 10.4. The molecule has 0 unspecified atom stereocenters. The highest BCUT2D eigenvalue weighted by atomic mass is 16.5. The maximum absolute atomic E-state index is 12.3. The van der Waals surface area contributed by atoms with E-state index < -0.39 is 11.9 Å². The minimum atomic E-state index is -0.699. The molecule has 0 bridgehead atoms. The second-order valence-corrected chi connectivity index (χ2v) is 7.81. The molecule has 0 N–H and O–H groups in total. The summed E-state index contributed by atoms with van der Waals surface area (Å²) in [4.78, 5) is 33.2. The number of rotatable bonds is 5. The molecule has 3 saturated heterocycles. The molecule has 3 rings (SSSR count). The van der Waals surface area contributed by atoms with E-state index in [1.807, 2.05) is 0 Å². The number of carbonyl (C=O) groups excluding carboxylic acids is 2. The highest BCUT2D eigenvalue weighted by molar-refractivity contribution is 6.32. The van der Waals surface area contributed by atoms with E-state index in [1.165, 1.54) is 0 Å². The third-order valence-corrected chi connectivity index (χ3v) is 5.94. The van der Waals surface area contributed by atoms with Gasteiger partial charge in [0.1, 0.15) is 0 Å².